The number of rotatable bonds is 5. The summed E-state index contributed by atoms with van der Waals surface area (Å²) in [6.07, 6.45) is 0.905. The van der Waals surface area contributed by atoms with Crippen LogP contribution >= 0.6 is 0 Å². The molecular weight excluding hydrogens is 200 g/mol. The predicted molar refractivity (Wildman–Crippen MR) is 66.2 cm³/mol. The van der Waals surface area contributed by atoms with Gasteiger partial charge in [0, 0.05) is 12.1 Å². The molecule has 0 bridgehead atoms. The number of amides is 1. The minimum atomic E-state index is -0.0225. The summed E-state index contributed by atoms with van der Waals surface area (Å²) in [5.74, 6) is -0.0225. The van der Waals surface area contributed by atoms with Crippen LogP contribution in [-0.2, 0) is 0 Å². The molecule has 1 rings (SSSR count). The summed E-state index contributed by atoms with van der Waals surface area (Å²) >= 11 is 0. The van der Waals surface area contributed by atoms with Crippen LogP contribution in [0.3, 0.4) is 0 Å². The highest BCUT2D eigenvalue weighted by molar-refractivity contribution is 5.94. The number of benzene rings is 1. The first-order chi connectivity index (χ1) is 7.55. The number of nitrogens with two attached hydrogens (primary N) is 1. The lowest BCUT2D eigenvalue weighted by molar-refractivity contribution is 0.0935. The van der Waals surface area contributed by atoms with Gasteiger partial charge in [0.15, 0.2) is 0 Å². The molecule has 1 amide bonds. The molecule has 0 aliphatic heterocycles. The Labute approximate surface area is 97.0 Å². The van der Waals surface area contributed by atoms with E-state index in [1.807, 2.05) is 30.3 Å². The van der Waals surface area contributed by atoms with Gasteiger partial charge in [-0.25, -0.2) is 0 Å². The summed E-state index contributed by atoms with van der Waals surface area (Å²) in [5.41, 5.74) is 6.27. The van der Waals surface area contributed by atoms with Gasteiger partial charge in [0.1, 0.15) is 0 Å². The Hall–Kier alpha value is -1.35. The average molecular weight is 220 g/mol. The topological polar surface area (TPSA) is 55.1 Å². The molecular formula is C13H20N2O. The summed E-state index contributed by atoms with van der Waals surface area (Å²) < 4.78 is 0. The molecule has 3 heteroatoms. The van der Waals surface area contributed by atoms with Crippen molar-refractivity contribution in [2.75, 3.05) is 13.1 Å². The first-order valence-corrected chi connectivity index (χ1v) is 5.58. The van der Waals surface area contributed by atoms with Crippen molar-refractivity contribution in [2.24, 2.45) is 11.1 Å². The summed E-state index contributed by atoms with van der Waals surface area (Å²) in [5, 5.41) is 2.93. The maximum atomic E-state index is 11.8. The monoisotopic (exact) mass is 220 g/mol. The maximum absolute atomic E-state index is 11.8. The van der Waals surface area contributed by atoms with E-state index in [2.05, 4.69) is 19.2 Å². The normalized spacial score (nSPS) is 11.2. The maximum Gasteiger partial charge on any atom is 0.251 e. The van der Waals surface area contributed by atoms with Gasteiger partial charge in [0.2, 0.25) is 0 Å². The van der Waals surface area contributed by atoms with E-state index in [0.717, 1.165) is 6.42 Å². The van der Waals surface area contributed by atoms with Gasteiger partial charge in [-0.3, -0.25) is 4.79 Å². The highest BCUT2D eigenvalue weighted by atomic mass is 16.1. The van der Waals surface area contributed by atoms with Crippen LogP contribution in [0.4, 0.5) is 0 Å². The van der Waals surface area contributed by atoms with Crippen LogP contribution in [0, 0.1) is 5.41 Å². The van der Waals surface area contributed by atoms with E-state index in [4.69, 9.17) is 5.73 Å². The zero-order valence-corrected chi connectivity index (χ0v) is 9.99. The number of nitrogens with one attached hydrogen (secondary N) is 1. The molecule has 3 nitrogen and oxygen atoms in total. The van der Waals surface area contributed by atoms with E-state index in [1.165, 1.54) is 0 Å². The third-order valence-corrected chi connectivity index (χ3v) is 2.58. The molecule has 16 heavy (non-hydrogen) atoms. The molecule has 1 aromatic rings. The van der Waals surface area contributed by atoms with E-state index in [0.29, 0.717) is 18.7 Å². The van der Waals surface area contributed by atoms with Gasteiger partial charge in [-0.1, -0.05) is 32.0 Å². The summed E-state index contributed by atoms with van der Waals surface area (Å²) in [6.45, 7) is 5.50. The van der Waals surface area contributed by atoms with Crippen molar-refractivity contribution in [2.45, 2.75) is 20.3 Å². The van der Waals surface area contributed by atoms with Crippen molar-refractivity contribution in [1.82, 2.24) is 5.32 Å². The number of carbonyl (C=O) groups is 1. The van der Waals surface area contributed by atoms with Crippen LogP contribution in [0.5, 0.6) is 0 Å². The van der Waals surface area contributed by atoms with Gasteiger partial charge in [0.05, 0.1) is 0 Å². The molecule has 1 aromatic carbocycles. The van der Waals surface area contributed by atoms with Crippen LogP contribution in [-0.4, -0.2) is 19.0 Å². The van der Waals surface area contributed by atoms with Crippen LogP contribution in [0.2, 0.25) is 0 Å². The van der Waals surface area contributed by atoms with Crippen LogP contribution in [0.1, 0.15) is 30.6 Å². The highest BCUT2D eigenvalue weighted by Gasteiger charge is 2.17. The lowest BCUT2D eigenvalue weighted by atomic mass is 9.89. The Morgan fingerprint density at radius 1 is 1.31 bits per heavy atom. The smallest absolute Gasteiger partial charge is 0.251 e. The third-order valence-electron chi connectivity index (χ3n) is 2.58. The van der Waals surface area contributed by atoms with E-state index < -0.39 is 0 Å². The zero-order valence-electron chi connectivity index (χ0n) is 9.99. The molecule has 88 valence electrons. The molecule has 0 fully saturated rings. The molecule has 0 saturated carbocycles. The number of carbonyl (C=O) groups excluding carboxylic acids is 1. The molecule has 0 radical (unpaired) electrons. The largest absolute Gasteiger partial charge is 0.352 e. The first kappa shape index (κ1) is 12.7. The van der Waals surface area contributed by atoms with Crippen molar-refractivity contribution >= 4 is 5.91 Å². The lowest BCUT2D eigenvalue weighted by Gasteiger charge is -2.24. The van der Waals surface area contributed by atoms with E-state index in [-0.39, 0.29) is 11.3 Å². The number of hydrogen-bond acceptors (Lipinski definition) is 2. The lowest BCUT2D eigenvalue weighted by Crippen LogP contribution is -2.35. The summed E-state index contributed by atoms with van der Waals surface area (Å²) in [4.78, 5) is 11.8. The summed E-state index contributed by atoms with van der Waals surface area (Å²) in [7, 11) is 0. The van der Waals surface area contributed by atoms with Crippen molar-refractivity contribution < 1.29 is 4.79 Å². The molecule has 3 N–H and O–H groups in total. The molecule has 0 saturated heterocycles. The molecule has 0 spiro atoms. The van der Waals surface area contributed by atoms with Gasteiger partial charge in [-0.15, -0.1) is 0 Å². The minimum Gasteiger partial charge on any atom is -0.352 e. The highest BCUT2D eigenvalue weighted by Crippen LogP contribution is 2.17. The van der Waals surface area contributed by atoms with Crippen molar-refractivity contribution in [3.63, 3.8) is 0 Å². The first-order valence-electron chi connectivity index (χ1n) is 5.58. The third kappa shape index (κ3) is 4.03. The predicted octanol–water partition coefficient (Wildman–Crippen LogP) is 1.79. The standard InChI is InChI=1S/C13H20N2O/c1-13(2,8-9-14)10-15-12(16)11-6-4-3-5-7-11/h3-7H,8-10,14H2,1-2H3,(H,15,16). The molecule has 0 unspecified atom stereocenters. The van der Waals surface area contributed by atoms with E-state index >= 15 is 0 Å². The molecule has 0 atom stereocenters. The van der Waals surface area contributed by atoms with Gasteiger partial charge in [-0.2, -0.15) is 0 Å². The Morgan fingerprint density at radius 3 is 2.50 bits per heavy atom. The van der Waals surface area contributed by atoms with Crippen LogP contribution in [0.15, 0.2) is 30.3 Å². The fraction of sp³-hybridized carbons (Fsp3) is 0.462. The molecule has 0 aliphatic rings. The molecule has 0 aliphatic carbocycles. The van der Waals surface area contributed by atoms with Crippen LogP contribution in [0.25, 0.3) is 0 Å². The van der Waals surface area contributed by atoms with Crippen molar-refractivity contribution in [3.8, 4) is 0 Å². The van der Waals surface area contributed by atoms with Gasteiger partial charge in [-0.05, 0) is 30.5 Å². The van der Waals surface area contributed by atoms with Gasteiger partial charge >= 0.3 is 0 Å². The quantitative estimate of drug-likeness (QED) is 0.795. The second kappa shape index (κ2) is 5.66. The Balaban J connectivity index is 2.48. The van der Waals surface area contributed by atoms with Crippen LogP contribution < -0.4 is 11.1 Å². The molecule has 0 heterocycles. The second-order valence-corrected chi connectivity index (χ2v) is 4.75. The minimum absolute atomic E-state index is 0.0225. The Kier molecular flexibility index (Phi) is 4.50. The van der Waals surface area contributed by atoms with E-state index in [1.54, 1.807) is 0 Å². The fourth-order valence-corrected chi connectivity index (χ4v) is 1.49. The van der Waals surface area contributed by atoms with E-state index in [9.17, 15) is 4.79 Å². The summed E-state index contributed by atoms with van der Waals surface area (Å²) in [6, 6.07) is 9.24. The Bertz CT molecular complexity index is 333. The average Bonchev–Trinajstić information content (AvgIpc) is 2.27. The van der Waals surface area contributed by atoms with Gasteiger partial charge < -0.3 is 11.1 Å². The number of hydrogen-bond donors (Lipinski definition) is 2. The SMILES string of the molecule is CC(C)(CCN)CNC(=O)c1ccccc1. The van der Waals surface area contributed by atoms with Crippen molar-refractivity contribution in [1.29, 1.82) is 0 Å². The van der Waals surface area contributed by atoms with Gasteiger partial charge in [0.25, 0.3) is 5.91 Å². The fourth-order valence-electron chi connectivity index (χ4n) is 1.49. The molecule has 0 aromatic heterocycles. The second-order valence-electron chi connectivity index (χ2n) is 4.75. The Morgan fingerprint density at radius 2 is 1.94 bits per heavy atom. The van der Waals surface area contributed by atoms with Crippen molar-refractivity contribution in [3.05, 3.63) is 35.9 Å². The zero-order chi connectivity index (χ0) is 12.0.